The molecule has 0 unspecified atom stereocenters. The van der Waals surface area contributed by atoms with Crippen LogP contribution in [-0.2, 0) is 23.7 Å². The van der Waals surface area contributed by atoms with Gasteiger partial charge in [-0.25, -0.2) is 15.0 Å². The van der Waals surface area contributed by atoms with Crippen LogP contribution < -0.4 is 0 Å². The highest BCUT2D eigenvalue weighted by molar-refractivity contribution is 7.86. The van der Waals surface area contributed by atoms with Crippen LogP contribution in [0.2, 0.25) is 0 Å². The average molecular weight is 393 g/mol. The fourth-order valence-corrected chi connectivity index (χ4v) is 4.56. The van der Waals surface area contributed by atoms with E-state index in [1.807, 2.05) is 37.7 Å². The maximum Gasteiger partial charge on any atom is 0.281 e. The van der Waals surface area contributed by atoms with Crippen molar-refractivity contribution < 1.29 is 8.42 Å². The van der Waals surface area contributed by atoms with E-state index in [1.165, 1.54) is 4.31 Å². The Morgan fingerprint density at radius 3 is 2.41 bits per heavy atom. The minimum Gasteiger partial charge on any atom is -0.330 e. The Balaban J connectivity index is 1.71. The molecule has 1 aliphatic rings. The zero-order chi connectivity index (χ0) is 19.8. The molecule has 2 aromatic rings. The van der Waals surface area contributed by atoms with Crippen molar-refractivity contribution >= 4 is 10.2 Å². The third kappa shape index (κ3) is 4.20. The molecular weight excluding hydrogens is 364 g/mol. The van der Waals surface area contributed by atoms with Gasteiger partial charge < -0.3 is 4.57 Å². The maximum atomic E-state index is 12.2. The van der Waals surface area contributed by atoms with Crippen LogP contribution in [0, 0.1) is 19.8 Å². The molecule has 0 spiro atoms. The molecule has 0 aliphatic carbocycles. The van der Waals surface area contributed by atoms with Crippen molar-refractivity contribution in [3.63, 3.8) is 0 Å². The summed E-state index contributed by atoms with van der Waals surface area (Å²) >= 11 is 0. The van der Waals surface area contributed by atoms with Crippen LogP contribution in [0.5, 0.6) is 0 Å². The Morgan fingerprint density at radius 1 is 1.19 bits per heavy atom. The minimum absolute atomic E-state index is 0.390. The van der Waals surface area contributed by atoms with E-state index in [0.717, 1.165) is 48.0 Å². The molecule has 0 radical (unpaired) electrons. The smallest absolute Gasteiger partial charge is 0.281 e. The van der Waals surface area contributed by atoms with Crippen molar-refractivity contribution in [3.05, 3.63) is 29.6 Å². The van der Waals surface area contributed by atoms with Gasteiger partial charge in [0.15, 0.2) is 0 Å². The summed E-state index contributed by atoms with van der Waals surface area (Å²) in [5.74, 6) is 2.15. The second kappa shape index (κ2) is 7.65. The standard InChI is InChI=1S/C18H28N6O2S/c1-13-10-16(17-12-19-14(2)23(17)5)21-18(20-13)11-15-6-8-24(9-7-15)27(25,26)22(3)4/h10,12,15H,6-9,11H2,1-5H3. The zero-order valence-corrected chi connectivity index (χ0v) is 17.5. The van der Waals surface area contributed by atoms with Gasteiger partial charge in [0, 0.05) is 46.3 Å². The van der Waals surface area contributed by atoms with E-state index in [9.17, 15) is 8.42 Å². The van der Waals surface area contributed by atoms with Gasteiger partial charge in [-0.15, -0.1) is 0 Å². The van der Waals surface area contributed by atoms with Gasteiger partial charge in [0.05, 0.1) is 17.6 Å². The molecule has 1 saturated heterocycles. The summed E-state index contributed by atoms with van der Waals surface area (Å²) in [6, 6.07) is 1.98. The summed E-state index contributed by atoms with van der Waals surface area (Å²) in [5.41, 5.74) is 2.79. The van der Waals surface area contributed by atoms with Crippen molar-refractivity contribution in [3.8, 4) is 11.4 Å². The molecule has 9 heteroatoms. The van der Waals surface area contributed by atoms with Gasteiger partial charge in [-0.3, -0.25) is 0 Å². The Labute approximate surface area is 161 Å². The highest BCUT2D eigenvalue weighted by atomic mass is 32.2. The summed E-state index contributed by atoms with van der Waals surface area (Å²) in [7, 11) is 1.81. The summed E-state index contributed by atoms with van der Waals surface area (Å²) in [4.78, 5) is 13.7. The molecule has 148 valence electrons. The van der Waals surface area contributed by atoms with Crippen LogP contribution in [0.25, 0.3) is 11.4 Å². The Bertz CT molecular complexity index is 914. The topological polar surface area (TPSA) is 84.2 Å². The summed E-state index contributed by atoms with van der Waals surface area (Å²) in [5, 5.41) is 0. The number of hydrogen-bond donors (Lipinski definition) is 0. The van der Waals surface area contributed by atoms with E-state index in [2.05, 4.69) is 9.97 Å². The number of rotatable bonds is 5. The summed E-state index contributed by atoms with van der Waals surface area (Å²) in [6.45, 7) is 5.04. The average Bonchev–Trinajstić information content (AvgIpc) is 2.94. The number of aromatic nitrogens is 4. The zero-order valence-electron chi connectivity index (χ0n) is 16.7. The number of piperidine rings is 1. The lowest BCUT2D eigenvalue weighted by atomic mass is 9.94. The SMILES string of the molecule is Cc1cc(-c2cnc(C)n2C)nc(CC2CCN(S(=O)(=O)N(C)C)CC2)n1. The van der Waals surface area contributed by atoms with Crippen molar-refractivity contribution in [2.24, 2.45) is 13.0 Å². The van der Waals surface area contributed by atoms with E-state index in [4.69, 9.17) is 4.98 Å². The number of hydrogen-bond acceptors (Lipinski definition) is 5. The van der Waals surface area contributed by atoms with Gasteiger partial charge in [-0.2, -0.15) is 17.0 Å². The van der Waals surface area contributed by atoms with E-state index in [-0.39, 0.29) is 0 Å². The van der Waals surface area contributed by atoms with Crippen molar-refractivity contribution in [2.75, 3.05) is 27.2 Å². The van der Waals surface area contributed by atoms with Gasteiger partial charge in [-0.1, -0.05) is 0 Å². The van der Waals surface area contributed by atoms with E-state index < -0.39 is 10.2 Å². The van der Waals surface area contributed by atoms with Crippen molar-refractivity contribution in [1.82, 2.24) is 28.1 Å². The monoisotopic (exact) mass is 392 g/mol. The van der Waals surface area contributed by atoms with Crippen LogP contribution in [0.15, 0.2) is 12.3 Å². The largest absolute Gasteiger partial charge is 0.330 e. The van der Waals surface area contributed by atoms with Gasteiger partial charge in [0.2, 0.25) is 0 Å². The quantitative estimate of drug-likeness (QED) is 0.771. The van der Waals surface area contributed by atoms with E-state index in [1.54, 1.807) is 18.4 Å². The molecule has 0 saturated carbocycles. The lowest BCUT2D eigenvalue weighted by Crippen LogP contribution is -2.44. The highest BCUT2D eigenvalue weighted by Gasteiger charge is 2.29. The molecule has 0 aromatic carbocycles. The predicted octanol–water partition coefficient (Wildman–Crippen LogP) is 1.55. The Hall–Kier alpha value is -1.84. The Kier molecular flexibility index (Phi) is 5.64. The first-order chi connectivity index (χ1) is 12.7. The molecule has 3 heterocycles. The fraction of sp³-hybridized carbons (Fsp3) is 0.611. The van der Waals surface area contributed by atoms with Crippen LogP contribution in [0.3, 0.4) is 0 Å². The molecule has 0 N–H and O–H groups in total. The molecule has 2 aromatic heterocycles. The first kappa shape index (κ1) is 19.9. The number of aryl methyl sites for hydroxylation is 2. The molecule has 0 bridgehead atoms. The van der Waals surface area contributed by atoms with Gasteiger partial charge >= 0.3 is 0 Å². The molecule has 1 aliphatic heterocycles. The van der Waals surface area contributed by atoms with Gasteiger partial charge in [0.25, 0.3) is 10.2 Å². The predicted molar refractivity (Wildman–Crippen MR) is 104 cm³/mol. The molecule has 8 nitrogen and oxygen atoms in total. The number of nitrogens with zero attached hydrogens (tertiary/aromatic N) is 6. The molecule has 27 heavy (non-hydrogen) atoms. The first-order valence-corrected chi connectivity index (χ1v) is 10.6. The first-order valence-electron chi connectivity index (χ1n) is 9.19. The highest BCUT2D eigenvalue weighted by Crippen LogP contribution is 2.24. The van der Waals surface area contributed by atoms with E-state index >= 15 is 0 Å². The van der Waals surface area contributed by atoms with Crippen LogP contribution in [-0.4, -0.2) is 63.7 Å². The third-order valence-corrected chi connectivity index (χ3v) is 7.16. The normalized spacial score (nSPS) is 17.0. The molecule has 3 rings (SSSR count). The molecular formula is C18H28N6O2S. The van der Waals surface area contributed by atoms with Gasteiger partial charge in [-0.05, 0) is 38.7 Å². The lowest BCUT2D eigenvalue weighted by Gasteiger charge is -2.32. The molecule has 0 amide bonds. The lowest BCUT2D eigenvalue weighted by molar-refractivity contribution is 0.259. The summed E-state index contributed by atoms with van der Waals surface area (Å²) in [6.07, 6.45) is 4.25. The van der Waals surface area contributed by atoms with Gasteiger partial charge in [0.1, 0.15) is 11.6 Å². The maximum absolute atomic E-state index is 12.2. The molecule has 1 fully saturated rings. The number of imidazole rings is 1. The van der Waals surface area contributed by atoms with Crippen molar-refractivity contribution in [1.29, 1.82) is 0 Å². The Morgan fingerprint density at radius 2 is 1.85 bits per heavy atom. The van der Waals surface area contributed by atoms with Crippen LogP contribution in [0.4, 0.5) is 0 Å². The third-order valence-electron chi connectivity index (χ3n) is 5.22. The van der Waals surface area contributed by atoms with Crippen LogP contribution >= 0.6 is 0 Å². The second-order valence-electron chi connectivity index (χ2n) is 7.40. The van der Waals surface area contributed by atoms with Crippen LogP contribution in [0.1, 0.15) is 30.2 Å². The fourth-order valence-electron chi connectivity index (χ4n) is 3.43. The summed E-state index contributed by atoms with van der Waals surface area (Å²) < 4.78 is 29.4. The van der Waals surface area contributed by atoms with E-state index in [0.29, 0.717) is 19.0 Å². The second-order valence-corrected chi connectivity index (χ2v) is 9.54. The minimum atomic E-state index is -3.32. The van der Waals surface area contributed by atoms with Crippen molar-refractivity contribution in [2.45, 2.75) is 33.1 Å². The molecule has 0 atom stereocenters.